The van der Waals surface area contributed by atoms with Crippen LogP contribution >= 0.6 is 0 Å². The second-order valence-electron chi connectivity index (χ2n) is 5.12. The average molecular weight is 269 g/mol. The maximum absolute atomic E-state index is 13.9. The number of carbonyl (C=O) groups is 1. The number of hydrogen-bond donors (Lipinski definition) is 1. The molecule has 0 amide bonds. The molecule has 104 valence electrons. The molecule has 5 heteroatoms. The van der Waals surface area contributed by atoms with Gasteiger partial charge in [-0.25, -0.2) is 13.6 Å². The van der Waals surface area contributed by atoms with E-state index < -0.39 is 17.6 Å². The summed E-state index contributed by atoms with van der Waals surface area (Å²) >= 11 is 0. The monoisotopic (exact) mass is 269 g/mol. The molecule has 0 spiro atoms. The molecule has 19 heavy (non-hydrogen) atoms. The second kappa shape index (κ2) is 5.55. The van der Waals surface area contributed by atoms with Gasteiger partial charge in [-0.2, -0.15) is 0 Å². The van der Waals surface area contributed by atoms with Crippen molar-refractivity contribution in [2.45, 2.75) is 25.7 Å². The fraction of sp³-hybridized carbons (Fsp3) is 0.500. The van der Waals surface area contributed by atoms with Crippen LogP contribution in [0.5, 0.6) is 0 Å². The Labute approximate surface area is 110 Å². The van der Waals surface area contributed by atoms with Gasteiger partial charge in [0.1, 0.15) is 17.3 Å². The minimum Gasteiger partial charge on any atom is -0.478 e. The minimum atomic E-state index is -1.33. The summed E-state index contributed by atoms with van der Waals surface area (Å²) in [4.78, 5) is 12.3. The van der Waals surface area contributed by atoms with Crippen LogP contribution in [0.2, 0.25) is 0 Å². The van der Waals surface area contributed by atoms with Gasteiger partial charge in [-0.15, -0.1) is 0 Å². The van der Waals surface area contributed by atoms with E-state index in [1.807, 2.05) is 0 Å². The number of benzene rings is 1. The Balaban J connectivity index is 2.21. The normalized spacial score (nSPS) is 15.7. The van der Waals surface area contributed by atoms with Gasteiger partial charge in [0.05, 0.1) is 5.56 Å². The van der Waals surface area contributed by atoms with Crippen molar-refractivity contribution in [3.05, 3.63) is 29.3 Å². The van der Waals surface area contributed by atoms with Crippen molar-refractivity contribution in [3.8, 4) is 0 Å². The van der Waals surface area contributed by atoms with Gasteiger partial charge in [0.15, 0.2) is 0 Å². The number of rotatable bonds is 4. The number of anilines is 1. The van der Waals surface area contributed by atoms with E-state index >= 15 is 0 Å². The Bertz CT molecular complexity index is 461. The molecule has 0 heterocycles. The first-order chi connectivity index (χ1) is 8.99. The molecule has 0 bridgehead atoms. The van der Waals surface area contributed by atoms with Crippen molar-refractivity contribution in [2.75, 3.05) is 18.5 Å². The predicted octanol–water partition coefficient (Wildman–Crippen LogP) is 3.29. The predicted molar refractivity (Wildman–Crippen MR) is 68.5 cm³/mol. The first-order valence-corrected chi connectivity index (χ1v) is 6.42. The lowest BCUT2D eigenvalue weighted by Crippen LogP contribution is -2.26. The first kappa shape index (κ1) is 13.8. The molecular formula is C14H17F2NO2. The highest BCUT2D eigenvalue weighted by Crippen LogP contribution is 2.29. The van der Waals surface area contributed by atoms with Crippen molar-refractivity contribution in [3.63, 3.8) is 0 Å². The van der Waals surface area contributed by atoms with Crippen molar-refractivity contribution < 1.29 is 18.7 Å². The van der Waals surface area contributed by atoms with Gasteiger partial charge in [-0.3, -0.25) is 0 Å². The van der Waals surface area contributed by atoms with E-state index in [1.165, 1.54) is 12.8 Å². The zero-order valence-electron chi connectivity index (χ0n) is 10.8. The van der Waals surface area contributed by atoms with E-state index in [1.54, 1.807) is 11.9 Å². The smallest absolute Gasteiger partial charge is 0.335 e. The highest BCUT2D eigenvalue weighted by molar-refractivity contribution is 5.88. The third-order valence-corrected chi connectivity index (χ3v) is 3.65. The molecule has 1 aliphatic rings. The Hall–Kier alpha value is -1.65. The van der Waals surface area contributed by atoms with Crippen LogP contribution in [0.15, 0.2) is 12.1 Å². The number of nitrogens with zero attached hydrogens (tertiary/aromatic N) is 1. The zero-order valence-corrected chi connectivity index (χ0v) is 10.8. The summed E-state index contributed by atoms with van der Waals surface area (Å²) in [5.74, 6) is -2.51. The molecule has 0 aromatic heterocycles. The van der Waals surface area contributed by atoms with Crippen molar-refractivity contribution >= 4 is 11.7 Å². The molecular weight excluding hydrogens is 252 g/mol. The van der Waals surface area contributed by atoms with Crippen molar-refractivity contribution in [1.29, 1.82) is 0 Å². The molecule has 0 unspecified atom stereocenters. The van der Waals surface area contributed by atoms with E-state index in [-0.39, 0.29) is 11.3 Å². The second-order valence-corrected chi connectivity index (χ2v) is 5.12. The van der Waals surface area contributed by atoms with Crippen LogP contribution in [-0.2, 0) is 0 Å². The van der Waals surface area contributed by atoms with Crippen molar-refractivity contribution in [1.82, 2.24) is 0 Å². The van der Waals surface area contributed by atoms with Crippen molar-refractivity contribution in [2.24, 2.45) is 5.92 Å². The fourth-order valence-corrected chi connectivity index (χ4v) is 2.73. The Morgan fingerprint density at radius 1 is 1.32 bits per heavy atom. The molecule has 3 nitrogen and oxygen atoms in total. The van der Waals surface area contributed by atoms with E-state index in [4.69, 9.17) is 5.11 Å². The zero-order chi connectivity index (χ0) is 14.0. The highest BCUT2D eigenvalue weighted by atomic mass is 19.1. The molecule has 0 radical (unpaired) electrons. The highest BCUT2D eigenvalue weighted by Gasteiger charge is 2.22. The molecule has 1 aromatic rings. The summed E-state index contributed by atoms with van der Waals surface area (Å²) in [5.41, 5.74) is -0.509. The lowest BCUT2D eigenvalue weighted by molar-refractivity contribution is 0.0695. The summed E-state index contributed by atoms with van der Waals surface area (Å²) in [7, 11) is 1.64. The fourth-order valence-electron chi connectivity index (χ4n) is 2.73. The topological polar surface area (TPSA) is 40.5 Å². The number of hydrogen-bond acceptors (Lipinski definition) is 2. The average Bonchev–Trinajstić information content (AvgIpc) is 2.80. The van der Waals surface area contributed by atoms with E-state index in [9.17, 15) is 13.6 Å². The number of aromatic carboxylic acids is 1. The molecule has 0 saturated heterocycles. The molecule has 0 atom stereocenters. The van der Waals surface area contributed by atoms with Crippen LogP contribution in [0.1, 0.15) is 36.0 Å². The van der Waals surface area contributed by atoms with Crippen LogP contribution in [-0.4, -0.2) is 24.7 Å². The molecule has 1 aromatic carbocycles. The van der Waals surface area contributed by atoms with E-state index in [0.29, 0.717) is 12.5 Å². The van der Waals surface area contributed by atoms with Gasteiger partial charge < -0.3 is 10.0 Å². The van der Waals surface area contributed by atoms with Crippen LogP contribution in [0.4, 0.5) is 14.5 Å². The molecule has 1 saturated carbocycles. The Morgan fingerprint density at radius 3 is 2.32 bits per heavy atom. The number of carboxylic acid groups (broad SMARTS) is 1. The Morgan fingerprint density at radius 2 is 1.84 bits per heavy atom. The molecule has 1 fully saturated rings. The van der Waals surface area contributed by atoms with Gasteiger partial charge >= 0.3 is 5.97 Å². The summed E-state index contributed by atoms with van der Waals surface area (Å²) in [5, 5.41) is 8.75. The van der Waals surface area contributed by atoms with Gasteiger partial charge in [0.25, 0.3) is 0 Å². The Kier molecular flexibility index (Phi) is 4.02. The third kappa shape index (κ3) is 3.03. The molecule has 1 aliphatic carbocycles. The maximum atomic E-state index is 13.9. The standard InChI is InChI=1S/C14H17F2NO2/c1-17(8-9-4-2-3-5-9)13-11(15)6-10(14(18)19)7-12(13)16/h6-7,9H,2-5,8H2,1H3,(H,18,19). The molecule has 2 rings (SSSR count). The third-order valence-electron chi connectivity index (χ3n) is 3.65. The van der Waals surface area contributed by atoms with E-state index in [0.717, 1.165) is 25.0 Å². The largest absolute Gasteiger partial charge is 0.478 e. The number of carboxylic acids is 1. The maximum Gasteiger partial charge on any atom is 0.335 e. The first-order valence-electron chi connectivity index (χ1n) is 6.42. The molecule has 0 aliphatic heterocycles. The summed E-state index contributed by atoms with van der Waals surface area (Å²) in [6.45, 7) is 0.597. The SMILES string of the molecule is CN(CC1CCCC1)c1c(F)cc(C(=O)O)cc1F. The van der Waals surface area contributed by atoms with E-state index in [2.05, 4.69) is 0 Å². The summed E-state index contributed by atoms with van der Waals surface area (Å²) in [6, 6.07) is 1.73. The number of halogens is 2. The summed E-state index contributed by atoms with van der Waals surface area (Å²) in [6.07, 6.45) is 4.50. The molecule has 1 N–H and O–H groups in total. The summed E-state index contributed by atoms with van der Waals surface area (Å²) < 4.78 is 27.7. The van der Waals surface area contributed by atoms with Gasteiger partial charge in [-0.1, -0.05) is 12.8 Å². The van der Waals surface area contributed by atoms with Gasteiger partial charge in [-0.05, 0) is 30.9 Å². The lowest BCUT2D eigenvalue weighted by atomic mass is 10.1. The van der Waals surface area contributed by atoms with Crippen LogP contribution in [0, 0.1) is 17.6 Å². The van der Waals surface area contributed by atoms with Crippen LogP contribution in [0.3, 0.4) is 0 Å². The quantitative estimate of drug-likeness (QED) is 0.911. The van der Waals surface area contributed by atoms with Gasteiger partial charge in [0, 0.05) is 13.6 Å². The van der Waals surface area contributed by atoms with Crippen LogP contribution < -0.4 is 4.90 Å². The lowest BCUT2D eigenvalue weighted by Gasteiger charge is -2.24. The van der Waals surface area contributed by atoms with Crippen LogP contribution in [0.25, 0.3) is 0 Å². The van der Waals surface area contributed by atoms with Gasteiger partial charge in [0.2, 0.25) is 0 Å². The minimum absolute atomic E-state index is 0.142.